The van der Waals surface area contributed by atoms with Crippen molar-refractivity contribution in [3.8, 4) is 0 Å². The highest BCUT2D eigenvalue weighted by Crippen LogP contribution is 2.34. The van der Waals surface area contributed by atoms with E-state index < -0.39 is 0 Å². The summed E-state index contributed by atoms with van der Waals surface area (Å²) in [6.07, 6.45) is 10.1. The number of guanidine groups is 1. The number of nitrogens with one attached hydrogen (secondary N) is 2. The van der Waals surface area contributed by atoms with Crippen molar-refractivity contribution in [3.63, 3.8) is 0 Å². The molecule has 0 aromatic carbocycles. The minimum absolute atomic E-state index is 0. The molecule has 2 heterocycles. The Morgan fingerprint density at radius 1 is 1.26 bits per heavy atom. The van der Waals surface area contributed by atoms with Crippen LogP contribution in [0.2, 0.25) is 0 Å². The van der Waals surface area contributed by atoms with Crippen LogP contribution in [0.4, 0.5) is 0 Å². The standard InChI is InChI=1S/C14H25N3O.HI/c1-15-14(16-8-2-3-10-4-5-10)17-12-9-11-6-7-13(12)18-11;/h10-13H,2-9H2,1H3,(H2,15,16,17);1H. The Morgan fingerprint density at radius 2 is 2.11 bits per heavy atom. The predicted octanol–water partition coefficient (Wildman–Crippen LogP) is 2.28. The van der Waals surface area contributed by atoms with Gasteiger partial charge in [0.25, 0.3) is 0 Å². The molecule has 0 amide bonds. The van der Waals surface area contributed by atoms with E-state index in [2.05, 4.69) is 15.6 Å². The van der Waals surface area contributed by atoms with Gasteiger partial charge in [0.1, 0.15) is 0 Å². The molecule has 5 heteroatoms. The molecule has 0 aromatic heterocycles. The Morgan fingerprint density at radius 3 is 2.68 bits per heavy atom. The largest absolute Gasteiger partial charge is 0.373 e. The smallest absolute Gasteiger partial charge is 0.191 e. The summed E-state index contributed by atoms with van der Waals surface area (Å²) in [6.45, 7) is 1.04. The van der Waals surface area contributed by atoms with Crippen LogP contribution in [0.1, 0.15) is 44.9 Å². The summed E-state index contributed by atoms with van der Waals surface area (Å²) < 4.78 is 5.85. The Labute approximate surface area is 133 Å². The minimum Gasteiger partial charge on any atom is -0.373 e. The zero-order valence-electron chi connectivity index (χ0n) is 11.7. The highest BCUT2D eigenvalue weighted by molar-refractivity contribution is 14.0. The third-order valence-corrected chi connectivity index (χ3v) is 4.43. The minimum atomic E-state index is 0. The van der Waals surface area contributed by atoms with Gasteiger partial charge in [-0.05, 0) is 38.0 Å². The van der Waals surface area contributed by atoms with E-state index in [-0.39, 0.29) is 24.0 Å². The number of aliphatic imine (C=N–C) groups is 1. The van der Waals surface area contributed by atoms with Gasteiger partial charge in [-0.3, -0.25) is 4.99 Å². The van der Waals surface area contributed by atoms with Crippen LogP contribution in [0.3, 0.4) is 0 Å². The first-order valence-electron chi connectivity index (χ1n) is 7.48. The van der Waals surface area contributed by atoms with Crippen LogP contribution < -0.4 is 10.6 Å². The van der Waals surface area contributed by atoms with Crippen molar-refractivity contribution in [1.82, 2.24) is 10.6 Å². The van der Waals surface area contributed by atoms with E-state index in [4.69, 9.17) is 4.74 Å². The molecule has 1 saturated carbocycles. The molecule has 0 aromatic rings. The number of hydrogen-bond acceptors (Lipinski definition) is 2. The summed E-state index contributed by atoms with van der Waals surface area (Å²) in [5.41, 5.74) is 0. The lowest BCUT2D eigenvalue weighted by Crippen LogP contribution is -2.47. The number of fused-ring (bicyclic) bond motifs is 2. The van der Waals surface area contributed by atoms with E-state index in [0.717, 1.165) is 24.8 Å². The van der Waals surface area contributed by atoms with Gasteiger partial charge in [0.05, 0.1) is 18.2 Å². The molecule has 3 unspecified atom stereocenters. The van der Waals surface area contributed by atoms with Crippen LogP contribution in [-0.2, 0) is 4.74 Å². The summed E-state index contributed by atoms with van der Waals surface area (Å²) in [6, 6.07) is 0.471. The van der Waals surface area contributed by atoms with Gasteiger partial charge in [-0.25, -0.2) is 0 Å². The number of ether oxygens (including phenoxy) is 1. The molecule has 0 radical (unpaired) electrons. The Hall–Kier alpha value is -0.0400. The van der Waals surface area contributed by atoms with Gasteiger partial charge in [0.15, 0.2) is 5.96 Å². The third-order valence-electron chi connectivity index (χ3n) is 4.43. The maximum absolute atomic E-state index is 5.85. The topological polar surface area (TPSA) is 45.7 Å². The molecule has 3 atom stereocenters. The zero-order chi connectivity index (χ0) is 12.4. The monoisotopic (exact) mass is 379 g/mol. The van der Waals surface area contributed by atoms with Crippen LogP contribution in [0, 0.1) is 5.92 Å². The maximum atomic E-state index is 5.85. The molecule has 2 N–H and O–H groups in total. The molecule has 3 aliphatic rings. The number of hydrogen-bond donors (Lipinski definition) is 2. The van der Waals surface area contributed by atoms with Crippen molar-refractivity contribution >= 4 is 29.9 Å². The molecule has 2 aliphatic heterocycles. The first kappa shape index (κ1) is 15.4. The van der Waals surface area contributed by atoms with Crippen molar-refractivity contribution in [2.24, 2.45) is 10.9 Å². The van der Waals surface area contributed by atoms with E-state index in [9.17, 15) is 0 Å². The Balaban J connectivity index is 0.00000133. The maximum Gasteiger partial charge on any atom is 0.191 e. The van der Waals surface area contributed by atoms with Gasteiger partial charge < -0.3 is 15.4 Å². The molecular formula is C14H26IN3O. The lowest BCUT2D eigenvalue weighted by molar-refractivity contribution is 0.0992. The third kappa shape index (κ3) is 4.21. The fourth-order valence-electron chi connectivity index (χ4n) is 3.16. The number of rotatable bonds is 5. The summed E-state index contributed by atoms with van der Waals surface area (Å²) >= 11 is 0. The first-order valence-corrected chi connectivity index (χ1v) is 7.48. The lowest BCUT2D eigenvalue weighted by Gasteiger charge is -2.22. The molecule has 2 bridgehead atoms. The van der Waals surface area contributed by atoms with Crippen LogP contribution in [0.15, 0.2) is 4.99 Å². The summed E-state index contributed by atoms with van der Waals surface area (Å²) in [7, 11) is 1.85. The molecule has 19 heavy (non-hydrogen) atoms. The number of nitrogens with zero attached hydrogens (tertiary/aromatic N) is 1. The van der Waals surface area contributed by atoms with Crippen molar-refractivity contribution in [2.75, 3.05) is 13.6 Å². The quantitative estimate of drug-likeness (QED) is 0.334. The van der Waals surface area contributed by atoms with Crippen LogP contribution >= 0.6 is 24.0 Å². The molecule has 3 rings (SSSR count). The molecule has 3 fully saturated rings. The van der Waals surface area contributed by atoms with E-state index >= 15 is 0 Å². The van der Waals surface area contributed by atoms with Crippen LogP contribution in [0.5, 0.6) is 0 Å². The molecular weight excluding hydrogens is 353 g/mol. The fraction of sp³-hybridized carbons (Fsp3) is 0.929. The molecule has 0 spiro atoms. The first-order chi connectivity index (χ1) is 8.85. The van der Waals surface area contributed by atoms with Gasteiger partial charge in [0, 0.05) is 13.6 Å². The van der Waals surface area contributed by atoms with E-state index in [1.54, 1.807) is 0 Å². The second-order valence-electron chi connectivity index (χ2n) is 5.95. The van der Waals surface area contributed by atoms with E-state index in [1.807, 2.05) is 7.05 Å². The normalized spacial score (nSPS) is 33.1. The van der Waals surface area contributed by atoms with Crippen molar-refractivity contribution in [2.45, 2.75) is 63.2 Å². The molecule has 2 saturated heterocycles. The predicted molar refractivity (Wildman–Crippen MR) is 88.2 cm³/mol. The van der Waals surface area contributed by atoms with E-state index in [0.29, 0.717) is 18.2 Å². The average Bonchev–Trinajstić information content (AvgIpc) is 2.98. The highest BCUT2D eigenvalue weighted by Gasteiger charge is 2.41. The SMILES string of the molecule is CN=C(NCCCC1CC1)NC1CC2CCC1O2.I. The summed E-state index contributed by atoms with van der Waals surface area (Å²) in [5, 5.41) is 6.94. The number of halogens is 1. The van der Waals surface area contributed by atoms with Gasteiger partial charge in [0.2, 0.25) is 0 Å². The highest BCUT2D eigenvalue weighted by atomic mass is 127. The van der Waals surface area contributed by atoms with Crippen LogP contribution in [-0.4, -0.2) is 37.8 Å². The Bertz CT molecular complexity index is 320. The van der Waals surface area contributed by atoms with Crippen molar-refractivity contribution in [1.29, 1.82) is 0 Å². The lowest BCUT2D eigenvalue weighted by atomic mass is 9.96. The molecule has 110 valence electrons. The zero-order valence-corrected chi connectivity index (χ0v) is 14.1. The van der Waals surface area contributed by atoms with Crippen molar-refractivity contribution < 1.29 is 4.74 Å². The molecule has 4 nitrogen and oxygen atoms in total. The molecule has 1 aliphatic carbocycles. The van der Waals surface area contributed by atoms with Gasteiger partial charge in [-0.15, -0.1) is 24.0 Å². The summed E-state index contributed by atoms with van der Waals surface area (Å²) in [4.78, 5) is 4.31. The van der Waals surface area contributed by atoms with Crippen LogP contribution in [0.25, 0.3) is 0 Å². The van der Waals surface area contributed by atoms with Gasteiger partial charge in [-0.2, -0.15) is 0 Å². The second-order valence-corrected chi connectivity index (χ2v) is 5.95. The van der Waals surface area contributed by atoms with Gasteiger partial charge in [-0.1, -0.05) is 12.8 Å². The van der Waals surface area contributed by atoms with Crippen molar-refractivity contribution in [3.05, 3.63) is 0 Å². The summed E-state index contributed by atoms with van der Waals surface area (Å²) in [5.74, 6) is 1.98. The van der Waals surface area contributed by atoms with Gasteiger partial charge >= 0.3 is 0 Å². The Kier molecular flexibility index (Phi) is 5.74. The second kappa shape index (κ2) is 7.11. The average molecular weight is 379 g/mol. The fourth-order valence-corrected chi connectivity index (χ4v) is 3.16. The van der Waals surface area contributed by atoms with E-state index in [1.165, 1.54) is 38.5 Å².